The highest BCUT2D eigenvalue weighted by Crippen LogP contribution is 2.42. The second-order valence-corrected chi connectivity index (χ2v) is 8.99. The Morgan fingerprint density at radius 3 is 2.53 bits per heavy atom. The number of rotatable bonds is 6. The topological polar surface area (TPSA) is 59.5 Å². The van der Waals surface area contributed by atoms with Crippen LogP contribution in [0.15, 0.2) is 29.9 Å². The van der Waals surface area contributed by atoms with Crippen LogP contribution in [0.2, 0.25) is 0 Å². The first kappa shape index (κ1) is 26.3. The number of alkyl halides is 6. The molecule has 2 aromatic heterocycles. The van der Waals surface area contributed by atoms with E-state index in [1.165, 1.54) is 0 Å². The lowest BCUT2D eigenvalue weighted by Crippen LogP contribution is -2.64. The molecule has 3 heterocycles. The van der Waals surface area contributed by atoms with Gasteiger partial charge in [0.15, 0.2) is 0 Å². The number of carbonyl (C=O) groups excluding carboxylic acids is 2. The number of amides is 1. The van der Waals surface area contributed by atoms with Crippen molar-refractivity contribution >= 4 is 34.1 Å². The Balaban J connectivity index is 2.04. The van der Waals surface area contributed by atoms with E-state index >= 15 is 0 Å². The second kappa shape index (κ2) is 9.73. The molecular formula is C21H19ClF6N2O3S. The van der Waals surface area contributed by atoms with Gasteiger partial charge in [0.25, 0.3) is 11.1 Å². The van der Waals surface area contributed by atoms with Crippen LogP contribution in [0.3, 0.4) is 0 Å². The molecule has 186 valence electrons. The fraction of sp³-hybridized carbons (Fsp3) is 0.476. The molecule has 1 aliphatic heterocycles. The van der Waals surface area contributed by atoms with Gasteiger partial charge in [0.1, 0.15) is 10.6 Å². The Morgan fingerprint density at radius 1 is 1.26 bits per heavy atom. The Labute approximate surface area is 199 Å². The van der Waals surface area contributed by atoms with Crippen molar-refractivity contribution in [1.82, 2.24) is 9.88 Å². The third kappa shape index (κ3) is 5.17. The van der Waals surface area contributed by atoms with Gasteiger partial charge in [0.05, 0.1) is 17.2 Å². The van der Waals surface area contributed by atoms with Gasteiger partial charge < -0.3 is 9.64 Å². The van der Waals surface area contributed by atoms with E-state index in [-0.39, 0.29) is 31.6 Å². The van der Waals surface area contributed by atoms with Crippen LogP contribution < -0.4 is 4.74 Å². The van der Waals surface area contributed by atoms with Gasteiger partial charge in [0, 0.05) is 30.4 Å². The molecule has 5 nitrogen and oxygen atoms in total. The van der Waals surface area contributed by atoms with Gasteiger partial charge in [-0.2, -0.15) is 26.3 Å². The highest BCUT2D eigenvalue weighted by Gasteiger charge is 2.53. The Hall–Kier alpha value is -2.34. The molecule has 2 aromatic rings. The maximum atomic E-state index is 13.5. The smallest absolute Gasteiger partial charge is 0.425 e. The Morgan fingerprint density at radius 2 is 1.97 bits per heavy atom. The molecule has 34 heavy (non-hydrogen) atoms. The zero-order valence-electron chi connectivity index (χ0n) is 17.7. The molecule has 13 heteroatoms. The molecule has 2 atom stereocenters. The van der Waals surface area contributed by atoms with E-state index in [1.807, 2.05) is 0 Å². The third-order valence-corrected chi connectivity index (χ3v) is 6.80. The van der Waals surface area contributed by atoms with Crippen LogP contribution in [0.1, 0.15) is 53.4 Å². The van der Waals surface area contributed by atoms with Crippen LogP contribution in [0, 0.1) is 0 Å². The fourth-order valence-electron chi connectivity index (χ4n) is 4.08. The van der Waals surface area contributed by atoms with Gasteiger partial charge in [-0.05, 0) is 36.9 Å². The van der Waals surface area contributed by atoms with E-state index in [9.17, 15) is 35.9 Å². The Kier molecular flexibility index (Phi) is 7.51. The number of nitrogens with zero attached hydrogens (tertiary/aromatic N) is 2. The lowest BCUT2D eigenvalue weighted by Gasteiger charge is -2.47. The largest absolute Gasteiger partial charge is 0.475 e. The first-order valence-electron chi connectivity index (χ1n) is 10.2. The van der Waals surface area contributed by atoms with Crippen molar-refractivity contribution in [1.29, 1.82) is 0 Å². The molecule has 0 spiro atoms. The predicted octanol–water partition coefficient (Wildman–Crippen LogP) is 6.17. The summed E-state index contributed by atoms with van der Waals surface area (Å²) in [6.45, 7) is 1.72. The van der Waals surface area contributed by atoms with E-state index in [0.717, 1.165) is 28.7 Å². The maximum Gasteiger partial charge on any atom is 0.425 e. The van der Waals surface area contributed by atoms with Gasteiger partial charge in [0.2, 0.25) is 5.60 Å². The number of likely N-dealkylation sites (tertiary alicyclic amines) is 1. The molecule has 3 rings (SSSR count). The van der Waals surface area contributed by atoms with Crippen LogP contribution in [-0.2, 0) is 17.1 Å². The van der Waals surface area contributed by atoms with Gasteiger partial charge in [-0.3, -0.25) is 14.6 Å². The lowest BCUT2D eigenvalue weighted by molar-refractivity contribution is -0.139. The first-order valence-corrected chi connectivity index (χ1v) is 11.4. The SMILES string of the molecule is CCC[C@H]1N(C(=O)c2cnccc2C(F)(F)F)CCC[C@@]1(Oc1csc(C(F)(F)F)c1)C(=O)Cl. The van der Waals surface area contributed by atoms with Crippen molar-refractivity contribution in [2.45, 2.75) is 56.6 Å². The van der Waals surface area contributed by atoms with Crippen LogP contribution in [-0.4, -0.2) is 39.2 Å². The highest BCUT2D eigenvalue weighted by atomic mass is 35.5. The minimum atomic E-state index is -4.83. The van der Waals surface area contributed by atoms with E-state index in [0.29, 0.717) is 23.8 Å². The molecule has 0 radical (unpaired) electrons. The van der Waals surface area contributed by atoms with Crippen molar-refractivity contribution in [2.24, 2.45) is 0 Å². The van der Waals surface area contributed by atoms with Crippen molar-refractivity contribution in [2.75, 3.05) is 6.54 Å². The van der Waals surface area contributed by atoms with Crippen molar-refractivity contribution in [3.05, 3.63) is 45.9 Å². The standard InChI is InChI=1S/C21H19ClF6N2O3S/c1-2-4-15-19(18(22)32,33-12-9-16(34-11-12)21(26,27)28)6-3-8-30(15)17(31)13-10-29-7-5-14(13)20(23,24)25/h5,7,9-11,15H,2-4,6,8H2,1H3/t15-,19+/m1/s1. The van der Waals surface area contributed by atoms with E-state index < -0.39 is 51.1 Å². The molecular weight excluding hydrogens is 510 g/mol. The number of pyridine rings is 1. The number of hydrogen-bond acceptors (Lipinski definition) is 5. The summed E-state index contributed by atoms with van der Waals surface area (Å²) < 4.78 is 85.3. The Bertz CT molecular complexity index is 1060. The summed E-state index contributed by atoms with van der Waals surface area (Å²) in [5.41, 5.74) is -3.83. The van der Waals surface area contributed by atoms with Gasteiger partial charge in [-0.1, -0.05) is 13.3 Å². The van der Waals surface area contributed by atoms with E-state index in [1.54, 1.807) is 6.92 Å². The summed E-state index contributed by atoms with van der Waals surface area (Å²) in [5.74, 6) is -1.29. The van der Waals surface area contributed by atoms with Crippen molar-refractivity contribution in [3.63, 3.8) is 0 Å². The summed E-state index contributed by atoms with van der Waals surface area (Å²) in [6, 6.07) is 0.282. The van der Waals surface area contributed by atoms with Crippen LogP contribution in [0.5, 0.6) is 5.75 Å². The van der Waals surface area contributed by atoms with E-state index in [4.69, 9.17) is 16.3 Å². The number of ether oxygens (including phenoxy) is 1. The lowest BCUT2D eigenvalue weighted by atomic mass is 9.82. The van der Waals surface area contributed by atoms with Gasteiger partial charge in [-0.15, -0.1) is 11.3 Å². The molecule has 1 saturated heterocycles. The molecule has 0 unspecified atom stereocenters. The summed E-state index contributed by atoms with van der Waals surface area (Å²) in [5, 5.41) is 0.0160. The molecule has 0 saturated carbocycles. The molecule has 1 amide bonds. The summed E-state index contributed by atoms with van der Waals surface area (Å²) >= 11 is 6.26. The number of halogens is 7. The monoisotopic (exact) mass is 528 g/mol. The van der Waals surface area contributed by atoms with Crippen LogP contribution in [0.25, 0.3) is 0 Å². The van der Waals surface area contributed by atoms with Crippen LogP contribution >= 0.6 is 22.9 Å². The second-order valence-electron chi connectivity index (χ2n) is 7.74. The maximum absolute atomic E-state index is 13.5. The average Bonchev–Trinajstić information content (AvgIpc) is 3.23. The minimum absolute atomic E-state index is 0.00239. The van der Waals surface area contributed by atoms with E-state index in [2.05, 4.69) is 4.98 Å². The van der Waals surface area contributed by atoms with Gasteiger partial charge >= 0.3 is 12.4 Å². The zero-order valence-corrected chi connectivity index (χ0v) is 19.2. The normalized spacial score (nSPS) is 21.4. The van der Waals surface area contributed by atoms with Crippen molar-refractivity contribution in [3.8, 4) is 5.75 Å². The third-order valence-electron chi connectivity index (χ3n) is 5.53. The summed E-state index contributed by atoms with van der Waals surface area (Å²) in [6.07, 6.45) is -7.16. The van der Waals surface area contributed by atoms with Crippen molar-refractivity contribution < 1.29 is 40.7 Å². The molecule has 1 fully saturated rings. The van der Waals surface area contributed by atoms with Crippen LogP contribution in [0.4, 0.5) is 26.3 Å². The summed E-state index contributed by atoms with van der Waals surface area (Å²) in [7, 11) is 0. The number of thiophene rings is 1. The highest BCUT2D eigenvalue weighted by molar-refractivity contribution is 7.10. The molecule has 0 bridgehead atoms. The molecule has 1 aliphatic rings. The number of hydrogen-bond donors (Lipinski definition) is 0. The average molecular weight is 529 g/mol. The number of piperidine rings is 1. The first-order chi connectivity index (χ1) is 15.8. The molecule has 0 aliphatic carbocycles. The summed E-state index contributed by atoms with van der Waals surface area (Å²) in [4.78, 5) is 29.7. The fourth-order valence-corrected chi connectivity index (χ4v) is 5.01. The minimum Gasteiger partial charge on any atom is -0.475 e. The van der Waals surface area contributed by atoms with Gasteiger partial charge in [-0.25, -0.2) is 0 Å². The predicted molar refractivity (Wildman–Crippen MR) is 112 cm³/mol. The number of aromatic nitrogens is 1. The molecule has 0 N–H and O–H groups in total. The zero-order chi connectivity index (χ0) is 25.3. The quantitative estimate of drug-likeness (QED) is 0.332. The number of carbonyl (C=O) groups is 2. The molecule has 0 aromatic carbocycles.